The number of nitrogens with one attached hydrogen (secondary N) is 2. The van der Waals surface area contributed by atoms with Crippen molar-refractivity contribution in [2.24, 2.45) is 4.99 Å². The van der Waals surface area contributed by atoms with E-state index in [9.17, 15) is 0 Å². The van der Waals surface area contributed by atoms with Crippen molar-refractivity contribution >= 4 is 29.9 Å². The molecule has 0 heterocycles. The van der Waals surface area contributed by atoms with Crippen molar-refractivity contribution in [3.05, 3.63) is 65.7 Å². The van der Waals surface area contributed by atoms with Gasteiger partial charge in [-0.2, -0.15) is 0 Å². The van der Waals surface area contributed by atoms with Crippen molar-refractivity contribution in [3.8, 4) is 5.75 Å². The number of ether oxygens (including phenoxy) is 1. The summed E-state index contributed by atoms with van der Waals surface area (Å²) in [5.74, 6) is 1.69. The molecule has 5 nitrogen and oxygen atoms in total. The van der Waals surface area contributed by atoms with Crippen molar-refractivity contribution < 1.29 is 4.74 Å². The highest BCUT2D eigenvalue weighted by Crippen LogP contribution is 2.12. The second kappa shape index (κ2) is 13.4. The molecule has 2 aromatic carbocycles. The van der Waals surface area contributed by atoms with Crippen LogP contribution in [0.15, 0.2) is 59.6 Å². The van der Waals surface area contributed by atoms with Crippen molar-refractivity contribution in [1.82, 2.24) is 15.5 Å². The molecule has 6 heteroatoms. The van der Waals surface area contributed by atoms with Gasteiger partial charge in [-0.15, -0.1) is 24.0 Å². The Balaban J connectivity index is 0.00000364. The molecular formula is C21H31IN4O. The molecule has 2 rings (SSSR count). The first-order chi connectivity index (χ1) is 12.7. The Labute approximate surface area is 180 Å². The third-order valence-corrected chi connectivity index (χ3v) is 4.12. The van der Waals surface area contributed by atoms with Crippen LogP contribution in [0.3, 0.4) is 0 Å². The molecule has 0 spiro atoms. The molecule has 2 aromatic rings. The first-order valence-corrected chi connectivity index (χ1v) is 9.01. The number of hydrogen-bond donors (Lipinski definition) is 2. The summed E-state index contributed by atoms with van der Waals surface area (Å²) in [6.07, 6.45) is 1.06. The summed E-state index contributed by atoms with van der Waals surface area (Å²) in [7, 11) is 5.63. The Morgan fingerprint density at radius 1 is 1.04 bits per heavy atom. The molecule has 0 fully saturated rings. The van der Waals surface area contributed by atoms with E-state index in [-0.39, 0.29) is 24.0 Å². The van der Waals surface area contributed by atoms with Crippen LogP contribution >= 0.6 is 24.0 Å². The molecule has 0 aliphatic rings. The maximum atomic E-state index is 5.25. The highest BCUT2D eigenvalue weighted by Gasteiger charge is 2.02. The summed E-state index contributed by atoms with van der Waals surface area (Å²) in [5, 5.41) is 6.70. The zero-order valence-corrected chi connectivity index (χ0v) is 18.8. The lowest BCUT2D eigenvalue weighted by Crippen LogP contribution is -2.38. The van der Waals surface area contributed by atoms with Crippen LogP contribution in [0.2, 0.25) is 0 Å². The SMILES string of the molecule is CN=C(NCCCN(C)Cc1ccccc1)NCc1cccc(OC)c1.I. The van der Waals surface area contributed by atoms with E-state index in [0.717, 1.165) is 43.3 Å². The minimum atomic E-state index is 0. The number of halogens is 1. The van der Waals surface area contributed by atoms with Gasteiger partial charge in [-0.3, -0.25) is 4.99 Å². The van der Waals surface area contributed by atoms with Gasteiger partial charge >= 0.3 is 0 Å². The van der Waals surface area contributed by atoms with Crippen molar-refractivity contribution in [2.45, 2.75) is 19.5 Å². The van der Waals surface area contributed by atoms with Crippen LogP contribution in [-0.2, 0) is 13.1 Å². The Bertz CT molecular complexity index is 679. The number of rotatable bonds is 9. The number of aliphatic imine (C=N–C) groups is 1. The van der Waals surface area contributed by atoms with E-state index in [2.05, 4.69) is 64.0 Å². The molecule has 0 amide bonds. The van der Waals surface area contributed by atoms with E-state index in [0.29, 0.717) is 6.54 Å². The van der Waals surface area contributed by atoms with E-state index >= 15 is 0 Å². The quantitative estimate of drug-likeness (QED) is 0.249. The van der Waals surface area contributed by atoms with Gasteiger partial charge in [-0.05, 0) is 43.3 Å². The van der Waals surface area contributed by atoms with Crippen molar-refractivity contribution in [2.75, 3.05) is 34.3 Å². The van der Waals surface area contributed by atoms with Crippen LogP contribution < -0.4 is 15.4 Å². The van der Waals surface area contributed by atoms with Gasteiger partial charge in [-0.25, -0.2) is 0 Å². The Morgan fingerprint density at radius 2 is 1.78 bits per heavy atom. The molecule has 0 aliphatic heterocycles. The van der Waals surface area contributed by atoms with E-state index in [1.165, 1.54) is 5.56 Å². The van der Waals surface area contributed by atoms with Gasteiger partial charge in [0.1, 0.15) is 5.75 Å². The standard InChI is InChI=1S/C21H30N4O.HI/c1-22-21(24-16-19-11-7-12-20(15-19)26-3)23-13-8-14-25(2)17-18-9-5-4-6-10-18;/h4-7,9-12,15H,8,13-14,16-17H2,1-3H3,(H2,22,23,24);1H. The average molecular weight is 482 g/mol. The van der Waals surface area contributed by atoms with Crippen molar-refractivity contribution in [3.63, 3.8) is 0 Å². The lowest BCUT2D eigenvalue weighted by Gasteiger charge is -2.17. The lowest BCUT2D eigenvalue weighted by atomic mass is 10.2. The highest BCUT2D eigenvalue weighted by atomic mass is 127. The normalized spacial score (nSPS) is 11.0. The van der Waals surface area contributed by atoms with Gasteiger partial charge in [-0.1, -0.05) is 42.5 Å². The van der Waals surface area contributed by atoms with Crippen LogP contribution in [0, 0.1) is 0 Å². The van der Waals surface area contributed by atoms with E-state index in [1.807, 2.05) is 18.2 Å². The van der Waals surface area contributed by atoms with Gasteiger partial charge in [0.25, 0.3) is 0 Å². The zero-order chi connectivity index (χ0) is 18.6. The summed E-state index contributed by atoms with van der Waals surface area (Å²) >= 11 is 0. The predicted molar refractivity (Wildman–Crippen MR) is 124 cm³/mol. The van der Waals surface area contributed by atoms with Gasteiger partial charge in [0.05, 0.1) is 7.11 Å². The second-order valence-corrected chi connectivity index (χ2v) is 6.28. The molecule has 0 unspecified atom stereocenters. The molecule has 0 atom stereocenters. The number of hydrogen-bond acceptors (Lipinski definition) is 3. The van der Waals surface area contributed by atoms with E-state index < -0.39 is 0 Å². The van der Waals surface area contributed by atoms with Crippen LogP contribution in [0.4, 0.5) is 0 Å². The summed E-state index contributed by atoms with van der Waals surface area (Å²) < 4.78 is 5.25. The molecule has 0 radical (unpaired) electrons. The fourth-order valence-electron chi connectivity index (χ4n) is 2.72. The minimum absolute atomic E-state index is 0. The van der Waals surface area contributed by atoms with E-state index in [1.54, 1.807) is 14.2 Å². The first-order valence-electron chi connectivity index (χ1n) is 9.01. The topological polar surface area (TPSA) is 48.9 Å². The largest absolute Gasteiger partial charge is 0.497 e. The predicted octanol–water partition coefficient (Wildman–Crippen LogP) is 3.50. The van der Waals surface area contributed by atoms with Crippen LogP contribution in [0.5, 0.6) is 5.75 Å². The molecule has 148 valence electrons. The Morgan fingerprint density at radius 3 is 2.48 bits per heavy atom. The molecule has 0 aromatic heterocycles. The maximum absolute atomic E-state index is 5.25. The summed E-state index contributed by atoms with van der Waals surface area (Å²) in [6.45, 7) is 3.61. The minimum Gasteiger partial charge on any atom is -0.497 e. The molecule has 0 saturated carbocycles. The van der Waals surface area contributed by atoms with Crippen LogP contribution in [0.1, 0.15) is 17.5 Å². The van der Waals surface area contributed by atoms with Crippen LogP contribution in [0.25, 0.3) is 0 Å². The van der Waals surface area contributed by atoms with Crippen molar-refractivity contribution in [1.29, 1.82) is 0 Å². The number of benzene rings is 2. The Hall–Kier alpha value is -1.80. The average Bonchev–Trinajstić information content (AvgIpc) is 2.68. The van der Waals surface area contributed by atoms with Gasteiger partial charge in [0, 0.05) is 26.7 Å². The number of methoxy groups -OCH3 is 1. The summed E-state index contributed by atoms with van der Waals surface area (Å²) in [4.78, 5) is 6.62. The fourth-order valence-corrected chi connectivity index (χ4v) is 2.72. The molecular weight excluding hydrogens is 451 g/mol. The molecule has 27 heavy (non-hydrogen) atoms. The molecule has 0 bridgehead atoms. The monoisotopic (exact) mass is 482 g/mol. The zero-order valence-electron chi connectivity index (χ0n) is 16.4. The van der Waals surface area contributed by atoms with Gasteiger partial charge in [0.2, 0.25) is 0 Å². The number of nitrogens with zero attached hydrogens (tertiary/aromatic N) is 2. The first kappa shape index (κ1) is 23.2. The van der Waals surface area contributed by atoms with Gasteiger partial charge in [0.15, 0.2) is 5.96 Å². The molecule has 0 aliphatic carbocycles. The maximum Gasteiger partial charge on any atom is 0.191 e. The van der Waals surface area contributed by atoms with Gasteiger partial charge < -0.3 is 20.3 Å². The third kappa shape index (κ3) is 9.10. The lowest BCUT2D eigenvalue weighted by molar-refractivity contribution is 0.322. The van der Waals surface area contributed by atoms with Crippen LogP contribution in [-0.4, -0.2) is 45.2 Å². The number of guanidine groups is 1. The Kier molecular flexibility index (Phi) is 11.5. The summed E-state index contributed by atoms with van der Waals surface area (Å²) in [5.41, 5.74) is 2.51. The smallest absolute Gasteiger partial charge is 0.191 e. The molecule has 2 N–H and O–H groups in total. The highest BCUT2D eigenvalue weighted by molar-refractivity contribution is 14.0. The second-order valence-electron chi connectivity index (χ2n) is 6.28. The molecule has 0 saturated heterocycles. The van der Waals surface area contributed by atoms with E-state index in [4.69, 9.17) is 4.74 Å². The third-order valence-electron chi connectivity index (χ3n) is 4.12. The fraction of sp³-hybridized carbons (Fsp3) is 0.381. The summed E-state index contributed by atoms with van der Waals surface area (Å²) in [6, 6.07) is 18.6.